The summed E-state index contributed by atoms with van der Waals surface area (Å²) in [6, 6.07) is 11.0. The van der Waals surface area contributed by atoms with Crippen LogP contribution in [0.2, 0.25) is 0 Å². The number of aryl methyl sites for hydroxylation is 1. The number of amides is 1. The van der Waals surface area contributed by atoms with Crippen LogP contribution in [0, 0.1) is 6.92 Å². The molecular weight excluding hydrogens is 386 g/mol. The first-order valence-electron chi connectivity index (χ1n) is 9.53. The summed E-state index contributed by atoms with van der Waals surface area (Å²) in [5.41, 5.74) is 1.65. The lowest BCUT2D eigenvalue weighted by Crippen LogP contribution is -2.35. The Labute approximate surface area is 173 Å². The number of carbonyl (C=O) groups excluding carboxylic acids is 1. The van der Waals surface area contributed by atoms with Gasteiger partial charge in [0.05, 0.1) is 32.0 Å². The van der Waals surface area contributed by atoms with Gasteiger partial charge in [-0.05, 0) is 35.4 Å². The molecule has 1 aliphatic rings. The van der Waals surface area contributed by atoms with Crippen LogP contribution >= 0.6 is 0 Å². The summed E-state index contributed by atoms with van der Waals surface area (Å²) in [4.78, 5) is 15.1. The van der Waals surface area contributed by atoms with Crippen molar-refractivity contribution < 1.29 is 19.4 Å². The monoisotopic (exact) mass is 409 g/mol. The predicted molar refractivity (Wildman–Crippen MR) is 108 cm³/mol. The summed E-state index contributed by atoms with van der Waals surface area (Å²) in [6.45, 7) is 2.61. The van der Waals surface area contributed by atoms with Crippen molar-refractivity contribution >= 4 is 5.91 Å². The van der Waals surface area contributed by atoms with Gasteiger partial charge in [-0.2, -0.15) is 4.68 Å². The van der Waals surface area contributed by atoms with Gasteiger partial charge in [0.25, 0.3) is 5.91 Å². The fourth-order valence-corrected chi connectivity index (χ4v) is 3.74. The topological polar surface area (TPSA) is 103 Å². The first-order valence-corrected chi connectivity index (χ1v) is 9.53. The minimum absolute atomic E-state index is 0.193. The van der Waals surface area contributed by atoms with E-state index in [9.17, 15) is 9.90 Å². The summed E-state index contributed by atoms with van der Waals surface area (Å²) in [5, 5.41) is 22.4. The lowest BCUT2D eigenvalue weighted by Gasteiger charge is -2.25. The van der Waals surface area contributed by atoms with Crippen molar-refractivity contribution in [3.8, 4) is 17.2 Å². The SMILES string of the molecule is COc1cc(C(=O)N2CC[C@](O)(c3ccc(C)cc3)C2)c(-n2cnnn2)cc1OC. The highest BCUT2D eigenvalue weighted by Crippen LogP contribution is 2.36. The van der Waals surface area contributed by atoms with E-state index < -0.39 is 5.60 Å². The molecule has 0 spiro atoms. The van der Waals surface area contributed by atoms with Crippen LogP contribution in [0.25, 0.3) is 5.69 Å². The zero-order valence-electron chi connectivity index (χ0n) is 17.1. The van der Waals surface area contributed by atoms with Gasteiger partial charge in [-0.15, -0.1) is 5.10 Å². The number of β-amino-alcohol motifs (C(OH)–C–C–N with tert-alkyl or cyclic N) is 1. The van der Waals surface area contributed by atoms with Crippen LogP contribution in [0.1, 0.15) is 27.9 Å². The summed E-state index contributed by atoms with van der Waals surface area (Å²) < 4.78 is 12.1. The molecule has 0 radical (unpaired) electrons. The van der Waals surface area contributed by atoms with Crippen molar-refractivity contribution in [3.63, 3.8) is 0 Å². The van der Waals surface area contributed by atoms with Crippen molar-refractivity contribution in [1.82, 2.24) is 25.1 Å². The Hall–Kier alpha value is -3.46. The molecule has 2 heterocycles. The van der Waals surface area contributed by atoms with E-state index in [0.29, 0.717) is 35.7 Å². The fourth-order valence-electron chi connectivity index (χ4n) is 3.74. The highest BCUT2D eigenvalue weighted by atomic mass is 16.5. The summed E-state index contributed by atoms with van der Waals surface area (Å²) >= 11 is 0. The molecule has 9 heteroatoms. The molecule has 4 rings (SSSR count). The summed E-state index contributed by atoms with van der Waals surface area (Å²) in [6.07, 6.45) is 1.86. The standard InChI is InChI=1S/C21H23N5O4/c1-14-4-6-15(7-5-14)21(28)8-9-25(12-21)20(27)16-10-18(29-2)19(30-3)11-17(16)26-13-22-23-24-26/h4-7,10-11,13,28H,8-9,12H2,1-3H3/t21-/m1/s1. The maximum absolute atomic E-state index is 13.4. The Balaban J connectivity index is 1.69. The predicted octanol–water partition coefficient (Wildman–Crippen LogP) is 1.72. The molecule has 0 aliphatic carbocycles. The Kier molecular flexibility index (Phi) is 5.13. The largest absolute Gasteiger partial charge is 0.493 e. The van der Waals surface area contributed by atoms with Crippen LogP contribution in [-0.4, -0.2) is 63.4 Å². The zero-order chi connectivity index (χ0) is 21.3. The molecule has 1 aromatic heterocycles. The van der Waals surface area contributed by atoms with Gasteiger partial charge in [-0.1, -0.05) is 29.8 Å². The quantitative estimate of drug-likeness (QED) is 0.684. The number of carbonyl (C=O) groups is 1. The van der Waals surface area contributed by atoms with E-state index in [4.69, 9.17) is 9.47 Å². The molecule has 1 fully saturated rings. The number of nitrogens with zero attached hydrogens (tertiary/aromatic N) is 5. The van der Waals surface area contributed by atoms with E-state index in [-0.39, 0.29) is 12.5 Å². The smallest absolute Gasteiger partial charge is 0.256 e. The molecule has 1 saturated heterocycles. The normalized spacial score (nSPS) is 18.5. The maximum atomic E-state index is 13.4. The lowest BCUT2D eigenvalue weighted by molar-refractivity contribution is 0.0417. The van der Waals surface area contributed by atoms with Crippen LogP contribution in [-0.2, 0) is 5.60 Å². The summed E-state index contributed by atoms with van der Waals surface area (Å²) in [7, 11) is 3.03. The number of likely N-dealkylation sites (tertiary alicyclic amines) is 1. The van der Waals surface area contributed by atoms with Crippen LogP contribution in [0.15, 0.2) is 42.7 Å². The van der Waals surface area contributed by atoms with Gasteiger partial charge < -0.3 is 19.5 Å². The van der Waals surface area contributed by atoms with Gasteiger partial charge in [0, 0.05) is 12.6 Å². The second-order valence-corrected chi connectivity index (χ2v) is 7.35. The number of tetrazole rings is 1. The molecule has 3 aromatic rings. The van der Waals surface area contributed by atoms with Gasteiger partial charge in [-0.25, -0.2) is 0 Å². The highest BCUT2D eigenvalue weighted by molar-refractivity contribution is 5.99. The highest BCUT2D eigenvalue weighted by Gasteiger charge is 2.40. The third kappa shape index (κ3) is 3.48. The number of rotatable bonds is 5. The van der Waals surface area contributed by atoms with Crippen molar-refractivity contribution in [2.75, 3.05) is 27.3 Å². The average Bonchev–Trinajstić information content (AvgIpc) is 3.43. The lowest BCUT2D eigenvalue weighted by atomic mass is 9.92. The van der Waals surface area contributed by atoms with E-state index >= 15 is 0 Å². The molecule has 0 bridgehead atoms. The minimum atomic E-state index is -1.09. The molecule has 0 saturated carbocycles. The van der Waals surface area contributed by atoms with Crippen LogP contribution < -0.4 is 9.47 Å². The van der Waals surface area contributed by atoms with Crippen molar-refractivity contribution in [1.29, 1.82) is 0 Å². The Morgan fingerprint density at radius 1 is 1.13 bits per heavy atom. The average molecular weight is 409 g/mol. The Bertz CT molecular complexity index is 1050. The van der Waals surface area contributed by atoms with E-state index in [1.165, 1.54) is 25.2 Å². The van der Waals surface area contributed by atoms with E-state index in [1.807, 2.05) is 31.2 Å². The Morgan fingerprint density at radius 3 is 2.47 bits per heavy atom. The molecule has 30 heavy (non-hydrogen) atoms. The number of hydrogen-bond donors (Lipinski definition) is 1. The minimum Gasteiger partial charge on any atom is -0.493 e. The summed E-state index contributed by atoms with van der Waals surface area (Å²) in [5.74, 6) is 0.632. The first kappa shape index (κ1) is 19.8. The number of methoxy groups -OCH3 is 2. The molecular formula is C21H23N5O4. The molecule has 2 aromatic carbocycles. The van der Waals surface area contributed by atoms with E-state index in [2.05, 4.69) is 15.5 Å². The van der Waals surface area contributed by atoms with Crippen LogP contribution in [0.3, 0.4) is 0 Å². The number of benzene rings is 2. The number of aromatic nitrogens is 4. The molecule has 1 N–H and O–H groups in total. The Morgan fingerprint density at radius 2 is 1.83 bits per heavy atom. The van der Waals surface area contributed by atoms with Gasteiger partial charge in [0.2, 0.25) is 0 Å². The van der Waals surface area contributed by atoms with Crippen molar-refractivity contribution in [2.45, 2.75) is 18.9 Å². The zero-order valence-corrected chi connectivity index (χ0v) is 17.1. The van der Waals surface area contributed by atoms with E-state index in [0.717, 1.165) is 11.1 Å². The molecule has 156 valence electrons. The van der Waals surface area contributed by atoms with Gasteiger partial charge in [0.1, 0.15) is 11.9 Å². The third-order valence-corrected chi connectivity index (χ3v) is 5.45. The second-order valence-electron chi connectivity index (χ2n) is 7.35. The molecule has 9 nitrogen and oxygen atoms in total. The van der Waals surface area contributed by atoms with E-state index in [1.54, 1.807) is 17.0 Å². The molecule has 1 atom stereocenters. The molecule has 0 unspecified atom stereocenters. The van der Waals surface area contributed by atoms with Crippen molar-refractivity contribution in [2.24, 2.45) is 0 Å². The maximum Gasteiger partial charge on any atom is 0.256 e. The third-order valence-electron chi connectivity index (χ3n) is 5.45. The molecule has 1 aliphatic heterocycles. The van der Waals surface area contributed by atoms with Crippen LogP contribution in [0.4, 0.5) is 0 Å². The first-order chi connectivity index (χ1) is 14.4. The van der Waals surface area contributed by atoms with Crippen LogP contribution in [0.5, 0.6) is 11.5 Å². The van der Waals surface area contributed by atoms with Gasteiger partial charge >= 0.3 is 0 Å². The fraction of sp³-hybridized carbons (Fsp3) is 0.333. The van der Waals surface area contributed by atoms with Crippen molar-refractivity contribution in [3.05, 3.63) is 59.4 Å². The number of hydrogen-bond acceptors (Lipinski definition) is 7. The molecule has 1 amide bonds. The number of ether oxygens (including phenoxy) is 2. The number of aliphatic hydroxyl groups is 1. The van der Waals surface area contributed by atoms with Gasteiger partial charge in [-0.3, -0.25) is 4.79 Å². The van der Waals surface area contributed by atoms with Gasteiger partial charge in [0.15, 0.2) is 11.5 Å². The second kappa shape index (κ2) is 7.75.